The van der Waals surface area contributed by atoms with Crippen LogP contribution in [-0.2, 0) is 0 Å². The largest absolute Gasteiger partial charge is 0.497 e. The summed E-state index contributed by atoms with van der Waals surface area (Å²) in [6, 6.07) is 14.2. The monoisotopic (exact) mass is 457 g/mol. The number of benzene rings is 1. The highest BCUT2D eigenvalue weighted by Crippen LogP contribution is 2.23. The van der Waals surface area contributed by atoms with Crippen LogP contribution >= 0.6 is 15.9 Å². The molecule has 29 heavy (non-hydrogen) atoms. The summed E-state index contributed by atoms with van der Waals surface area (Å²) in [5.74, 6) is 1.58. The second-order valence-corrected chi connectivity index (χ2v) is 6.69. The van der Waals surface area contributed by atoms with Crippen molar-refractivity contribution in [3.8, 4) is 23.0 Å². The number of hydrogen-bond donors (Lipinski definition) is 1. The molecule has 148 valence electrons. The van der Waals surface area contributed by atoms with Gasteiger partial charge in [0.25, 0.3) is 5.91 Å². The number of carbonyl (C=O) groups is 1. The quantitative estimate of drug-likeness (QED) is 0.425. The molecule has 0 aliphatic carbocycles. The van der Waals surface area contributed by atoms with Crippen molar-refractivity contribution in [2.24, 2.45) is 0 Å². The summed E-state index contributed by atoms with van der Waals surface area (Å²) in [4.78, 5) is 11.9. The Bertz CT molecular complexity index is 1160. The fourth-order valence-corrected chi connectivity index (χ4v) is 2.94. The number of furan rings is 1. The predicted octanol–water partition coefficient (Wildman–Crippen LogP) is 2.96. The molecule has 0 spiro atoms. The zero-order chi connectivity index (χ0) is 20.2. The Labute approximate surface area is 173 Å². The Morgan fingerprint density at radius 3 is 2.90 bits per heavy atom. The maximum atomic E-state index is 11.9. The summed E-state index contributed by atoms with van der Waals surface area (Å²) in [7, 11) is 1.61. The maximum absolute atomic E-state index is 11.9. The number of rotatable bonds is 7. The van der Waals surface area contributed by atoms with Crippen molar-refractivity contribution in [3.63, 3.8) is 0 Å². The van der Waals surface area contributed by atoms with Gasteiger partial charge in [0, 0.05) is 11.6 Å². The number of halogens is 1. The minimum atomic E-state index is -0.318. The number of amides is 1. The second-order valence-electron chi connectivity index (χ2n) is 5.91. The van der Waals surface area contributed by atoms with Crippen LogP contribution in [0.5, 0.6) is 11.6 Å². The molecule has 0 aliphatic rings. The number of fused-ring (bicyclic) bond motifs is 1. The highest BCUT2D eigenvalue weighted by atomic mass is 79.9. The van der Waals surface area contributed by atoms with Gasteiger partial charge in [0.1, 0.15) is 12.4 Å². The molecule has 0 bridgehead atoms. The normalized spacial score (nSPS) is 10.8. The van der Waals surface area contributed by atoms with Crippen LogP contribution in [0.3, 0.4) is 0 Å². The number of carbonyl (C=O) groups excluding carboxylic acids is 1. The Morgan fingerprint density at radius 2 is 2.10 bits per heavy atom. The van der Waals surface area contributed by atoms with Crippen LogP contribution in [-0.4, -0.2) is 46.0 Å². The molecular weight excluding hydrogens is 442 g/mol. The molecule has 0 fully saturated rings. The Morgan fingerprint density at radius 1 is 1.21 bits per heavy atom. The first-order chi connectivity index (χ1) is 14.1. The molecule has 4 aromatic rings. The van der Waals surface area contributed by atoms with Crippen LogP contribution in [0.15, 0.2) is 57.6 Å². The molecule has 0 saturated heterocycles. The lowest BCUT2D eigenvalue weighted by Crippen LogP contribution is -2.27. The zero-order valence-corrected chi connectivity index (χ0v) is 16.9. The van der Waals surface area contributed by atoms with Gasteiger partial charge >= 0.3 is 0 Å². The SMILES string of the molecule is COc1cccc(-c2nnc3ccc(OCCNC(=O)c4ccc(Br)o4)nn23)c1. The lowest BCUT2D eigenvalue weighted by Gasteiger charge is -2.07. The fourth-order valence-electron chi connectivity index (χ4n) is 2.63. The van der Waals surface area contributed by atoms with Crippen molar-refractivity contribution >= 4 is 27.5 Å². The molecule has 0 unspecified atom stereocenters. The number of aromatic nitrogens is 4. The summed E-state index contributed by atoms with van der Waals surface area (Å²) in [6.07, 6.45) is 0. The molecule has 10 heteroatoms. The highest BCUT2D eigenvalue weighted by molar-refractivity contribution is 9.10. The van der Waals surface area contributed by atoms with E-state index in [-0.39, 0.29) is 18.3 Å². The zero-order valence-electron chi connectivity index (χ0n) is 15.3. The average molecular weight is 458 g/mol. The minimum absolute atomic E-state index is 0.226. The predicted molar refractivity (Wildman–Crippen MR) is 107 cm³/mol. The first-order valence-corrected chi connectivity index (χ1v) is 9.46. The van der Waals surface area contributed by atoms with Gasteiger partial charge in [0.05, 0.1) is 13.7 Å². The standard InChI is InChI=1S/C19H16BrN5O4/c1-27-13-4-2-3-12(11-13)18-23-22-16-7-8-17(24-25(16)18)28-10-9-21-19(26)14-5-6-15(20)29-14/h2-8,11H,9-10H2,1H3,(H,21,26). The third-order valence-electron chi connectivity index (χ3n) is 4.00. The molecular formula is C19H16BrN5O4. The van der Waals surface area contributed by atoms with E-state index >= 15 is 0 Å². The van der Waals surface area contributed by atoms with E-state index in [1.807, 2.05) is 24.3 Å². The number of nitrogens with zero attached hydrogens (tertiary/aromatic N) is 4. The van der Waals surface area contributed by atoms with Crippen LogP contribution in [0.4, 0.5) is 0 Å². The van der Waals surface area contributed by atoms with Gasteiger partial charge in [-0.05, 0) is 46.3 Å². The maximum Gasteiger partial charge on any atom is 0.287 e. The van der Waals surface area contributed by atoms with Crippen LogP contribution in [0.2, 0.25) is 0 Å². The van der Waals surface area contributed by atoms with Crippen molar-refractivity contribution in [2.45, 2.75) is 0 Å². The summed E-state index contributed by atoms with van der Waals surface area (Å²) < 4.78 is 18.2. The van der Waals surface area contributed by atoms with Gasteiger partial charge in [-0.3, -0.25) is 4.79 Å². The molecule has 3 heterocycles. The van der Waals surface area contributed by atoms with E-state index in [2.05, 4.69) is 36.5 Å². The first-order valence-electron chi connectivity index (χ1n) is 8.67. The summed E-state index contributed by atoms with van der Waals surface area (Å²) >= 11 is 3.16. The van der Waals surface area contributed by atoms with Gasteiger partial charge in [-0.1, -0.05) is 12.1 Å². The van der Waals surface area contributed by atoms with E-state index in [9.17, 15) is 4.79 Å². The molecule has 0 aliphatic heterocycles. The first kappa shape index (κ1) is 18.9. The Balaban J connectivity index is 1.42. The average Bonchev–Trinajstić information content (AvgIpc) is 3.37. The molecule has 1 amide bonds. The minimum Gasteiger partial charge on any atom is -0.497 e. The highest BCUT2D eigenvalue weighted by Gasteiger charge is 2.12. The van der Waals surface area contributed by atoms with Crippen LogP contribution in [0.25, 0.3) is 17.0 Å². The topological polar surface area (TPSA) is 104 Å². The lowest BCUT2D eigenvalue weighted by atomic mass is 10.2. The Kier molecular flexibility index (Phi) is 5.43. The van der Waals surface area contributed by atoms with Crippen LogP contribution in [0.1, 0.15) is 10.6 Å². The van der Waals surface area contributed by atoms with Gasteiger partial charge < -0.3 is 19.2 Å². The number of methoxy groups -OCH3 is 1. The Hall–Kier alpha value is -3.40. The third kappa shape index (κ3) is 4.21. The van der Waals surface area contributed by atoms with E-state index in [0.717, 1.165) is 5.56 Å². The molecule has 1 N–H and O–H groups in total. The fraction of sp³-hybridized carbons (Fsp3) is 0.158. The van der Waals surface area contributed by atoms with Crippen molar-refractivity contribution < 1.29 is 18.7 Å². The summed E-state index contributed by atoms with van der Waals surface area (Å²) in [6.45, 7) is 0.532. The van der Waals surface area contributed by atoms with E-state index < -0.39 is 0 Å². The van der Waals surface area contributed by atoms with Gasteiger partial charge in [-0.25, -0.2) is 0 Å². The number of hydrogen-bond acceptors (Lipinski definition) is 7. The molecule has 9 nitrogen and oxygen atoms in total. The van der Waals surface area contributed by atoms with Crippen molar-refractivity contribution in [2.75, 3.05) is 20.3 Å². The molecule has 0 atom stereocenters. The number of nitrogens with one attached hydrogen (secondary N) is 1. The van der Waals surface area contributed by atoms with Gasteiger partial charge in [-0.15, -0.1) is 15.3 Å². The number of ether oxygens (including phenoxy) is 2. The smallest absolute Gasteiger partial charge is 0.287 e. The molecule has 0 saturated carbocycles. The van der Waals surface area contributed by atoms with Crippen LogP contribution < -0.4 is 14.8 Å². The molecule has 4 rings (SSSR count). The van der Waals surface area contributed by atoms with E-state index in [4.69, 9.17) is 13.9 Å². The molecule has 3 aromatic heterocycles. The van der Waals surface area contributed by atoms with Gasteiger partial charge in [0.15, 0.2) is 21.9 Å². The summed E-state index contributed by atoms with van der Waals surface area (Å²) in [5, 5.41) is 15.5. The van der Waals surface area contributed by atoms with E-state index in [1.165, 1.54) is 0 Å². The lowest BCUT2D eigenvalue weighted by molar-refractivity contribution is 0.0917. The van der Waals surface area contributed by atoms with Gasteiger partial charge in [0.2, 0.25) is 5.88 Å². The van der Waals surface area contributed by atoms with E-state index in [1.54, 1.807) is 35.9 Å². The molecule has 0 radical (unpaired) electrons. The molecule has 1 aromatic carbocycles. The van der Waals surface area contributed by atoms with Crippen molar-refractivity contribution in [3.05, 3.63) is 59.0 Å². The van der Waals surface area contributed by atoms with Crippen molar-refractivity contribution in [1.82, 2.24) is 25.1 Å². The van der Waals surface area contributed by atoms with Crippen LogP contribution in [0, 0.1) is 0 Å². The van der Waals surface area contributed by atoms with Crippen molar-refractivity contribution in [1.29, 1.82) is 0 Å². The summed E-state index contributed by atoms with van der Waals surface area (Å²) in [5.41, 5.74) is 1.41. The second kappa shape index (κ2) is 8.31. The third-order valence-corrected chi connectivity index (χ3v) is 4.43. The van der Waals surface area contributed by atoms with Gasteiger partial charge in [-0.2, -0.15) is 4.52 Å². The van der Waals surface area contributed by atoms with E-state index in [0.29, 0.717) is 34.3 Å².